The van der Waals surface area contributed by atoms with Crippen molar-refractivity contribution in [2.75, 3.05) is 6.54 Å². The van der Waals surface area contributed by atoms with Crippen molar-refractivity contribution in [1.29, 1.82) is 0 Å². The average Bonchev–Trinajstić information content (AvgIpc) is 2.71. The topological polar surface area (TPSA) is 257 Å². The highest BCUT2D eigenvalue weighted by molar-refractivity contribution is 5.95. The molecule has 0 aliphatic heterocycles. The van der Waals surface area contributed by atoms with Gasteiger partial charge in [0.15, 0.2) is 0 Å². The lowest BCUT2D eigenvalue weighted by Gasteiger charge is -2.21. The summed E-state index contributed by atoms with van der Waals surface area (Å²) in [7, 11) is 0. The molecule has 0 aliphatic rings. The number of benzene rings is 1. The van der Waals surface area contributed by atoms with Gasteiger partial charge in [0.25, 0.3) is 0 Å². The lowest BCUT2D eigenvalue weighted by atomic mass is 10.0. The van der Waals surface area contributed by atoms with Crippen molar-refractivity contribution >= 4 is 35.5 Å². The SMILES string of the molecule is NC(=O)CC(N)C(=O)NCC(=O)NC(CC(N)=O)C(=O)NC(Cc1ccc(O)cc1)C(=O)O. The third-order valence-corrected chi connectivity index (χ3v) is 4.23. The number of rotatable bonds is 13. The highest BCUT2D eigenvalue weighted by Crippen LogP contribution is 2.11. The van der Waals surface area contributed by atoms with Crippen LogP contribution in [-0.2, 0) is 35.2 Å². The molecule has 1 aromatic carbocycles. The maximum absolute atomic E-state index is 12.5. The molecule has 0 heterocycles. The summed E-state index contributed by atoms with van der Waals surface area (Å²) < 4.78 is 0. The van der Waals surface area contributed by atoms with Crippen molar-refractivity contribution in [3.63, 3.8) is 0 Å². The maximum Gasteiger partial charge on any atom is 0.326 e. The standard InChI is InChI=1S/C19H26N6O8/c20-11(6-14(21)27)17(30)23-8-16(29)24-12(7-15(22)28)18(31)25-13(19(32)33)5-9-1-3-10(26)4-2-9/h1-4,11-13,26H,5-8,20H2,(H2,21,27)(H2,22,28)(H,23,30)(H,24,29)(H,25,31)(H,32,33). The lowest BCUT2D eigenvalue weighted by molar-refractivity contribution is -0.142. The Kier molecular flexibility index (Phi) is 10.3. The number of aromatic hydroxyl groups is 1. The van der Waals surface area contributed by atoms with E-state index in [4.69, 9.17) is 17.2 Å². The number of carbonyl (C=O) groups is 6. The van der Waals surface area contributed by atoms with Gasteiger partial charge in [0.05, 0.1) is 25.4 Å². The summed E-state index contributed by atoms with van der Waals surface area (Å²) in [5.41, 5.74) is 16.0. The van der Waals surface area contributed by atoms with Crippen LogP contribution in [0, 0.1) is 0 Å². The Morgan fingerprint density at radius 1 is 0.848 bits per heavy atom. The highest BCUT2D eigenvalue weighted by atomic mass is 16.4. The largest absolute Gasteiger partial charge is 0.508 e. The number of aliphatic carboxylic acids is 1. The number of amides is 5. The zero-order valence-electron chi connectivity index (χ0n) is 17.4. The van der Waals surface area contributed by atoms with Crippen molar-refractivity contribution in [2.24, 2.45) is 17.2 Å². The van der Waals surface area contributed by atoms with Gasteiger partial charge in [-0.25, -0.2) is 4.79 Å². The van der Waals surface area contributed by atoms with E-state index < -0.39 is 73.0 Å². The van der Waals surface area contributed by atoms with E-state index in [2.05, 4.69) is 16.0 Å². The number of nitrogens with two attached hydrogens (primary N) is 3. The molecule has 180 valence electrons. The van der Waals surface area contributed by atoms with Gasteiger partial charge < -0.3 is 43.4 Å². The molecule has 0 radical (unpaired) electrons. The fourth-order valence-electron chi connectivity index (χ4n) is 2.60. The first-order valence-corrected chi connectivity index (χ1v) is 9.59. The van der Waals surface area contributed by atoms with Crippen molar-refractivity contribution in [2.45, 2.75) is 37.4 Å². The fraction of sp³-hybridized carbons (Fsp3) is 0.368. The van der Waals surface area contributed by atoms with Crippen molar-refractivity contribution in [3.8, 4) is 5.75 Å². The van der Waals surface area contributed by atoms with Gasteiger partial charge in [-0.3, -0.25) is 24.0 Å². The minimum atomic E-state index is -1.52. The maximum atomic E-state index is 12.5. The number of hydrogen-bond donors (Lipinski definition) is 8. The van der Waals surface area contributed by atoms with E-state index in [1.165, 1.54) is 24.3 Å². The first kappa shape index (κ1) is 26.8. The summed E-state index contributed by atoms with van der Waals surface area (Å²) in [5, 5.41) is 25.2. The molecule has 14 nitrogen and oxygen atoms in total. The molecule has 0 bridgehead atoms. The van der Waals surface area contributed by atoms with Crippen LogP contribution in [0.5, 0.6) is 5.75 Å². The van der Waals surface area contributed by atoms with E-state index >= 15 is 0 Å². The van der Waals surface area contributed by atoms with Gasteiger partial charge >= 0.3 is 5.97 Å². The van der Waals surface area contributed by atoms with Crippen molar-refractivity contribution < 1.29 is 39.0 Å². The minimum absolute atomic E-state index is 0.0263. The van der Waals surface area contributed by atoms with Crippen LogP contribution in [-0.4, -0.2) is 70.4 Å². The van der Waals surface area contributed by atoms with E-state index in [1.807, 2.05) is 0 Å². The van der Waals surface area contributed by atoms with Gasteiger partial charge in [0.2, 0.25) is 29.5 Å². The number of phenols is 1. The summed E-state index contributed by atoms with van der Waals surface area (Å²) in [6.45, 7) is -0.649. The Hall–Kier alpha value is -4.20. The lowest BCUT2D eigenvalue weighted by Crippen LogP contribution is -2.55. The van der Waals surface area contributed by atoms with Gasteiger partial charge in [-0.05, 0) is 17.7 Å². The predicted octanol–water partition coefficient (Wildman–Crippen LogP) is -3.82. The van der Waals surface area contributed by atoms with Crippen LogP contribution in [0.15, 0.2) is 24.3 Å². The van der Waals surface area contributed by atoms with E-state index in [0.29, 0.717) is 5.56 Å². The molecule has 0 saturated carbocycles. The molecule has 0 fully saturated rings. The number of carboxylic acids is 1. The van der Waals surface area contributed by atoms with E-state index in [9.17, 15) is 39.0 Å². The summed E-state index contributed by atoms with van der Waals surface area (Å²) >= 11 is 0. The molecule has 3 atom stereocenters. The average molecular weight is 466 g/mol. The molecule has 0 spiro atoms. The van der Waals surface area contributed by atoms with Crippen molar-refractivity contribution in [1.82, 2.24) is 16.0 Å². The molecule has 3 unspecified atom stereocenters. The fourth-order valence-corrected chi connectivity index (χ4v) is 2.60. The van der Waals surface area contributed by atoms with Gasteiger partial charge in [0, 0.05) is 6.42 Å². The van der Waals surface area contributed by atoms with E-state index in [0.717, 1.165) is 0 Å². The van der Waals surface area contributed by atoms with Gasteiger partial charge in [-0.2, -0.15) is 0 Å². The Morgan fingerprint density at radius 3 is 1.94 bits per heavy atom. The molecule has 0 saturated heterocycles. The third-order valence-electron chi connectivity index (χ3n) is 4.23. The number of carboxylic acid groups (broad SMARTS) is 1. The molecule has 0 aromatic heterocycles. The normalized spacial score (nSPS) is 13.1. The molecule has 0 aliphatic carbocycles. The molecule has 5 amide bonds. The number of phenolic OH excluding ortho intramolecular Hbond substituents is 1. The minimum Gasteiger partial charge on any atom is -0.508 e. The molecule has 11 N–H and O–H groups in total. The first-order chi connectivity index (χ1) is 15.4. The summed E-state index contributed by atoms with van der Waals surface area (Å²) in [5.74, 6) is -5.92. The second-order valence-electron chi connectivity index (χ2n) is 7.06. The van der Waals surface area contributed by atoms with E-state index in [1.54, 1.807) is 0 Å². The molecule has 33 heavy (non-hydrogen) atoms. The highest BCUT2D eigenvalue weighted by Gasteiger charge is 2.28. The number of hydrogen-bond acceptors (Lipinski definition) is 8. The quantitative estimate of drug-likeness (QED) is 0.141. The van der Waals surface area contributed by atoms with Crippen LogP contribution in [0.1, 0.15) is 18.4 Å². The number of carbonyl (C=O) groups excluding carboxylic acids is 5. The smallest absolute Gasteiger partial charge is 0.326 e. The predicted molar refractivity (Wildman–Crippen MR) is 112 cm³/mol. The molecular weight excluding hydrogens is 440 g/mol. The van der Waals surface area contributed by atoms with Crippen LogP contribution >= 0.6 is 0 Å². The molecule has 14 heteroatoms. The van der Waals surface area contributed by atoms with Crippen LogP contribution in [0.2, 0.25) is 0 Å². The summed E-state index contributed by atoms with van der Waals surface area (Å²) in [6, 6.07) is 1.40. The molecule has 1 rings (SSSR count). The van der Waals surface area contributed by atoms with E-state index in [-0.39, 0.29) is 12.2 Å². The Labute approximate surface area is 187 Å². The summed E-state index contributed by atoms with van der Waals surface area (Å²) in [6.07, 6.45) is -1.23. The van der Waals surface area contributed by atoms with Crippen LogP contribution in [0.4, 0.5) is 0 Å². The Balaban J connectivity index is 2.77. The van der Waals surface area contributed by atoms with Gasteiger partial charge in [0.1, 0.15) is 17.8 Å². The Bertz CT molecular complexity index is 904. The molecule has 1 aromatic rings. The zero-order chi connectivity index (χ0) is 25.1. The number of nitrogens with one attached hydrogen (secondary N) is 3. The first-order valence-electron chi connectivity index (χ1n) is 9.59. The number of primary amides is 2. The zero-order valence-corrected chi connectivity index (χ0v) is 17.4. The Morgan fingerprint density at radius 2 is 1.42 bits per heavy atom. The van der Waals surface area contributed by atoms with Crippen molar-refractivity contribution in [3.05, 3.63) is 29.8 Å². The second kappa shape index (κ2) is 12.6. The van der Waals surface area contributed by atoms with Gasteiger partial charge in [-0.1, -0.05) is 12.1 Å². The molecular formula is C19H26N6O8. The second-order valence-corrected chi connectivity index (χ2v) is 7.06. The van der Waals surface area contributed by atoms with Crippen LogP contribution in [0.25, 0.3) is 0 Å². The van der Waals surface area contributed by atoms with Crippen LogP contribution < -0.4 is 33.2 Å². The third kappa shape index (κ3) is 10.1. The van der Waals surface area contributed by atoms with Gasteiger partial charge in [-0.15, -0.1) is 0 Å². The summed E-state index contributed by atoms with van der Waals surface area (Å²) in [4.78, 5) is 70.0. The monoisotopic (exact) mass is 466 g/mol. The van der Waals surface area contributed by atoms with Crippen LogP contribution in [0.3, 0.4) is 0 Å².